The number of ether oxygens (including phenoxy) is 1. The Balaban J connectivity index is 0.00000196. The zero-order valence-electron chi connectivity index (χ0n) is 15.7. The van der Waals surface area contributed by atoms with Gasteiger partial charge in [-0.15, -0.1) is 12.4 Å². The minimum absolute atomic E-state index is 0. The van der Waals surface area contributed by atoms with Crippen LogP contribution in [0.4, 0.5) is 0 Å². The number of primary amides is 1. The first-order valence-electron chi connectivity index (χ1n) is 9.90. The minimum atomic E-state index is -0.357. The SMILES string of the molecule is CCO[C@]1(c2cccc(C(N)=O)c2)[C@@H]2CCC[C@H]1CN(CC1CC1)C2.Cl. The maximum Gasteiger partial charge on any atom is 0.248 e. The van der Waals surface area contributed by atoms with Gasteiger partial charge in [-0.1, -0.05) is 18.6 Å². The maximum absolute atomic E-state index is 11.7. The summed E-state index contributed by atoms with van der Waals surface area (Å²) in [5.41, 5.74) is 7.04. The van der Waals surface area contributed by atoms with Crippen molar-refractivity contribution in [3.63, 3.8) is 0 Å². The number of halogens is 1. The fraction of sp³-hybridized carbons (Fsp3) is 0.667. The van der Waals surface area contributed by atoms with E-state index in [0.717, 1.165) is 24.6 Å². The molecule has 2 bridgehead atoms. The lowest BCUT2D eigenvalue weighted by Crippen LogP contribution is -2.59. The van der Waals surface area contributed by atoms with Gasteiger partial charge in [0.15, 0.2) is 0 Å². The van der Waals surface area contributed by atoms with Gasteiger partial charge in [0.25, 0.3) is 0 Å². The number of piperidine rings is 1. The van der Waals surface area contributed by atoms with Crippen molar-refractivity contribution in [1.29, 1.82) is 0 Å². The molecule has 1 saturated heterocycles. The number of likely N-dealkylation sites (tertiary alicyclic amines) is 1. The highest BCUT2D eigenvalue weighted by molar-refractivity contribution is 5.92. The Morgan fingerprint density at radius 2 is 1.92 bits per heavy atom. The second-order valence-corrected chi connectivity index (χ2v) is 8.16. The first-order valence-corrected chi connectivity index (χ1v) is 9.90. The molecule has 0 aromatic heterocycles. The smallest absolute Gasteiger partial charge is 0.248 e. The number of carbonyl (C=O) groups is 1. The number of hydrogen-bond acceptors (Lipinski definition) is 3. The van der Waals surface area contributed by atoms with Gasteiger partial charge in [-0.3, -0.25) is 4.79 Å². The number of amides is 1. The van der Waals surface area contributed by atoms with Crippen molar-refractivity contribution in [3.8, 4) is 0 Å². The molecular weight excluding hydrogens is 348 g/mol. The van der Waals surface area contributed by atoms with Crippen LogP contribution in [0.5, 0.6) is 0 Å². The standard InChI is InChI=1S/C21H30N2O2.ClH/c1-2-25-21(17-6-3-5-16(11-17)20(22)24)18-7-4-8-19(21)14-23(13-18)12-15-9-10-15;/h3,5-6,11,15,18-19H,2,4,7-10,12-14H2,1H3,(H2,22,24);1H/t18-,19+,21-;. The summed E-state index contributed by atoms with van der Waals surface area (Å²) in [6.07, 6.45) is 6.51. The predicted molar refractivity (Wildman–Crippen MR) is 106 cm³/mol. The van der Waals surface area contributed by atoms with Gasteiger partial charge in [0.05, 0.1) is 0 Å². The van der Waals surface area contributed by atoms with Crippen molar-refractivity contribution in [2.24, 2.45) is 23.5 Å². The molecule has 1 heterocycles. The van der Waals surface area contributed by atoms with Crippen LogP contribution in [-0.2, 0) is 10.3 Å². The Morgan fingerprint density at radius 3 is 2.50 bits per heavy atom. The monoisotopic (exact) mass is 378 g/mol. The summed E-state index contributed by atoms with van der Waals surface area (Å²) in [5, 5.41) is 0. The number of nitrogens with zero attached hydrogens (tertiary/aromatic N) is 1. The molecular formula is C21H31ClN2O2. The Morgan fingerprint density at radius 1 is 1.23 bits per heavy atom. The van der Waals surface area contributed by atoms with Gasteiger partial charge >= 0.3 is 0 Å². The van der Waals surface area contributed by atoms with Crippen molar-refractivity contribution in [2.75, 3.05) is 26.2 Å². The lowest BCUT2D eigenvalue weighted by Gasteiger charge is -2.56. The van der Waals surface area contributed by atoms with E-state index < -0.39 is 0 Å². The Labute approximate surface area is 162 Å². The molecule has 3 fully saturated rings. The van der Waals surface area contributed by atoms with E-state index in [1.165, 1.54) is 38.6 Å². The first kappa shape index (κ1) is 19.7. The molecule has 2 aliphatic carbocycles. The molecule has 3 aliphatic rings. The normalized spacial score (nSPS) is 31.3. The summed E-state index contributed by atoms with van der Waals surface area (Å²) >= 11 is 0. The van der Waals surface area contributed by atoms with Crippen LogP contribution in [-0.4, -0.2) is 37.0 Å². The summed E-state index contributed by atoms with van der Waals surface area (Å²) < 4.78 is 6.55. The van der Waals surface area contributed by atoms with Crippen molar-refractivity contribution < 1.29 is 9.53 Å². The van der Waals surface area contributed by atoms with Gasteiger partial charge in [0, 0.05) is 43.6 Å². The van der Waals surface area contributed by atoms with Gasteiger partial charge in [-0.25, -0.2) is 0 Å². The average molecular weight is 379 g/mol. The average Bonchev–Trinajstić information content (AvgIpc) is 3.40. The van der Waals surface area contributed by atoms with Crippen LogP contribution in [0.2, 0.25) is 0 Å². The van der Waals surface area contributed by atoms with Gasteiger partial charge in [-0.2, -0.15) is 0 Å². The Kier molecular flexibility index (Phi) is 5.95. The zero-order chi connectivity index (χ0) is 17.4. The summed E-state index contributed by atoms with van der Waals surface area (Å²) in [6, 6.07) is 7.90. The molecule has 5 heteroatoms. The van der Waals surface area contributed by atoms with Crippen molar-refractivity contribution in [3.05, 3.63) is 35.4 Å². The molecule has 144 valence electrons. The topological polar surface area (TPSA) is 55.6 Å². The van der Waals surface area contributed by atoms with Crippen LogP contribution < -0.4 is 5.73 Å². The molecule has 0 spiro atoms. The molecule has 1 aromatic carbocycles. The van der Waals surface area contributed by atoms with E-state index in [9.17, 15) is 4.79 Å². The third-order valence-corrected chi connectivity index (χ3v) is 6.47. The van der Waals surface area contributed by atoms with Crippen LogP contribution in [0.1, 0.15) is 54.9 Å². The molecule has 0 radical (unpaired) electrons. The fourth-order valence-electron chi connectivity index (χ4n) is 5.28. The largest absolute Gasteiger partial charge is 0.370 e. The highest BCUT2D eigenvalue weighted by atomic mass is 35.5. The molecule has 2 N–H and O–H groups in total. The minimum Gasteiger partial charge on any atom is -0.370 e. The lowest BCUT2D eigenvalue weighted by atomic mass is 9.62. The Hall–Kier alpha value is -1.10. The second kappa shape index (κ2) is 7.87. The van der Waals surface area contributed by atoms with Crippen molar-refractivity contribution in [1.82, 2.24) is 4.90 Å². The number of nitrogens with two attached hydrogens (primary N) is 1. The second-order valence-electron chi connectivity index (χ2n) is 8.16. The predicted octanol–water partition coefficient (Wildman–Crippen LogP) is 3.58. The first-order chi connectivity index (χ1) is 12.1. The number of benzene rings is 1. The van der Waals surface area contributed by atoms with Crippen LogP contribution in [0.25, 0.3) is 0 Å². The molecule has 0 unspecified atom stereocenters. The van der Waals surface area contributed by atoms with Crippen molar-refractivity contribution in [2.45, 2.75) is 44.6 Å². The molecule has 1 aliphatic heterocycles. The quantitative estimate of drug-likeness (QED) is 0.823. The van der Waals surface area contributed by atoms with E-state index in [4.69, 9.17) is 10.5 Å². The lowest BCUT2D eigenvalue weighted by molar-refractivity contribution is -0.183. The van der Waals surface area contributed by atoms with E-state index >= 15 is 0 Å². The van der Waals surface area contributed by atoms with Crippen LogP contribution >= 0.6 is 12.4 Å². The van der Waals surface area contributed by atoms with E-state index in [2.05, 4.69) is 17.9 Å². The third kappa shape index (κ3) is 3.51. The van der Waals surface area contributed by atoms with Gasteiger partial charge in [0.1, 0.15) is 5.60 Å². The summed E-state index contributed by atoms with van der Waals surface area (Å²) in [4.78, 5) is 14.4. The molecule has 2 saturated carbocycles. The Bertz CT molecular complexity index is 633. The highest BCUT2D eigenvalue weighted by Gasteiger charge is 2.53. The number of rotatable bonds is 6. The number of fused-ring (bicyclic) bond motifs is 2. The van der Waals surface area contributed by atoms with E-state index in [-0.39, 0.29) is 23.9 Å². The fourth-order valence-corrected chi connectivity index (χ4v) is 5.28. The highest BCUT2D eigenvalue weighted by Crippen LogP contribution is 2.52. The van der Waals surface area contributed by atoms with Gasteiger partial charge < -0.3 is 15.4 Å². The summed E-state index contributed by atoms with van der Waals surface area (Å²) in [6.45, 7) is 6.29. The molecule has 26 heavy (non-hydrogen) atoms. The van der Waals surface area contributed by atoms with Gasteiger partial charge in [-0.05, 0) is 56.2 Å². The molecule has 3 atom stereocenters. The van der Waals surface area contributed by atoms with Crippen LogP contribution in [0.15, 0.2) is 24.3 Å². The molecule has 4 rings (SSSR count). The number of hydrogen-bond donors (Lipinski definition) is 1. The number of carbonyl (C=O) groups excluding carboxylic acids is 1. The molecule has 1 amide bonds. The zero-order valence-corrected chi connectivity index (χ0v) is 16.5. The van der Waals surface area contributed by atoms with Gasteiger partial charge in [0.2, 0.25) is 5.91 Å². The van der Waals surface area contributed by atoms with E-state index in [1.54, 1.807) is 0 Å². The van der Waals surface area contributed by atoms with E-state index in [0.29, 0.717) is 24.0 Å². The van der Waals surface area contributed by atoms with Crippen LogP contribution in [0, 0.1) is 17.8 Å². The van der Waals surface area contributed by atoms with E-state index in [1.807, 2.05) is 18.2 Å². The summed E-state index contributed by atoms with van der Waals surface area (Å²) in [5.74, 6) is 1.58. The molecule has 4 nitrogen and oxygen atoms in total. The third-order valence-electron chi connectivity index (χ3n) is 6.47. The maximum atomic E-state index is 11.7. The molecule has 1 aromatic rings. The summed E-state index contributed by atoms with van der Waals surface area (Å²) in [7, 11) is 0. The van der Waals surface area contributed by atoms with Crippen LogP contribution in [0.3, 0.4) is 0 Å². The van der Waals surface area contributed by atoms with Crippen molar-refractivity contribution >= 4 is 18.3 Å².